The summed E-state index contributed by atoms with van der Waals surface area (Å²) in [7, 11) is 2.99. The molecule has 2 N–H and O–H groups in total. The number of rotatable bonds is 7. The van der Waals surface area contributed by atoms with Gasteiger partial charge < -0.3 is 20.3 Å². The Labute approximate surface area is 185 Å². The van der Waals surface area contributed by atoms with Crippen molar-refractivity contribution in [3.8, 4) is 5.75 Å². The Morgan fingerprint density at radius 3 is 2.66 bits per heavy atom. The molecule has 10 heteroatoms. The minimum Gasteiger partial charge on any atom is -0.495 e. The van der Waals surface area contributed by atoms with Gasteiger partial charge >= 0.3 is 0 Å². The molecule has 0 spiro atoms. The first-order chi connectivity index (χ1) is 15.1. The second-order valence-electron chi connectivity index (χ2n) is 8.23. The maximum atomic E-state index is 15.1. The third-order valence-corrected chi connectivity index (χ3v) is 5.82. The molecule has 2 heterocycles. The number of alkyl halides is 2. The van der Waals surface area contributed by atoms with E-state index in [4.69, 9.17) is 4.74 Å². The molecular formula is C22H28F3N5O2. The van der Waals surface area contributed by atoms with E-state index in [2.05, 4.69) is 20.6 Å². The SMILES string of the molecule is CNc1nc(Nc2cc(F)c(C(=O)N3CC[C@@H](F)C3)cc2OC)ncc1C(C)(F)C(C)C. The molecule has 1 fully saturated rings. The van der Waals surface area contributed by atoms with Gasteiger partial charge in [0.15, 0.2) is 0 Å². The summed E-state index contributed by atoms with van der Waals surface area (Å²) in [6.45, 7) is 5.16. The van der Waals surface area contributed by atoms with Crippen molar-refractivity contribution >= 4 is 23.4 Å². The number of anilines is 3. The van der Waals surface area contributed by atoms with Crippen molar-refractivity contribution in [2.75, 3.05) is 37.9 Å². The second kappa shape index (κ2) is 9.22. The second-order valence-corrected chi connectivity index (χ2v) is 8.23. The van der Waals surface area contributed by atoms with Gasteiger partial charge in [-0.1, -0.05) is 13.8 Å². The van der Waals surface area contributed by atoms with E-state index in [1.54, 1.807) is 20.9 Å². The summed E-state index contributed by atoms with van der Waals surface area (Å²) in [5.74, 6) is -1.12. The minimum absolute atomic E-state index is 0.0581. The lowest BCUT2D eigenvalue weighted by Crippen LogP contribution is -2.29. The molecule has 3 rings (SSSR count). The van der Waals surface area contributed by atoms with Crippen LogP contribution >= 0.6 is 0 Å². The van der Waals surface area contributed by atoms with E-state index in [9.17, 15) is 13.6 Å². The smallest absolute Gasteiger partial charge is 0.257 e. The summed E-state index contributed by atoms with van der Waals surface area (Å²) in [5, 5.41) is 5.72. The normalized spacial score (nSPS) is 17.9. The van der Waals surface area contributed by atoms with Crippen LogP contribution in [0.5, 0.6) is 5.75 Å². The van der Waals surface area contributed by atoms with E-state index in [1.807, 2.05) is 0 Å². The topological polar surface area (TPSA) is 79.4 Å². The molecule has 1 aliphatic rings. The van der Waals surface area contributed by atoms with E-state index >= 15 is 4.39 Å². The first-order valence-corrected chi connectivity index (χ1v) is 10.4. The molecule has 1 aliphatic heterocycles. The van der Waals surface area contributed by atoms with Crippen LogP contribution in [0.1, 0.15) is 43.1 Å². The number of amides is 1. The van der Waals surface area contributed by atoms with Crippen LogP contribution in [0.25, 0.3) is 0 Å². The Hall–Kier alpha value is -3.04. The van der Waals surface area contributed by atoms with Gasteiger partial charge in [-0.3, -0.25) is 4.79 Å². The number of nitrogens with one attached hydrogen (secondary N) is 2. The summed E-state index contributed by atoms with van der Waals surface area (Å²) in [5.41, 5.74) is -1.38. The fourth-order valence-electron chi connectivity index (χ4n) is 3.48. The summed E-state index contributed by atoms with van der Waals surface area (Å²) in [4.78, 5) is 22.3. The molecule has 1 unspecified atom stereocenters. The highest BCUT2D eigenvalue weighted by molar-refractivity contribution is 5.96. The average molecular weight is 451 g/mol. The van der Waals surface area contributed by atoms with Crippen LogP contribution in [0.2, 0.25) is 0 Å². The molecule has 0 saturated carbocycles. The summed E-state index contributed by atoms with van der Waals surface area (Å²) >= 11 is 0. The molecular weight excluding hydrogens is 423 g/mol. The number of benzene rings is 1. The highest BCUT2D eigenvalue weighted by Gasteiger charge is 2.34. The van der Waals surface area contributed by atoms with Crippen molar-refractivity contribution in [3.05, 3.63) is 35.3 Å². The number of likely N-dealkylation sites (tertiary alicyclic amines) is 1. The Balaban J connectivity index is 1.90. The lowest BCUT2D eigenvalue weighted by molar-refractivity contribution is 0.0778. The number of ether oxygens (including phenoxy) is 1. The fraction of sp³-hybridized carbons (Fsp3) is 0.500. The van der Waals surface area contributed by atoms with Crippen molar-refractivity contribution < 1.29 is 22.7 Å². The van der Waals surface area contributed by atoms with E-state index in [1.165, 1.54) is 31.2 Å². The molecule has 2 aromatic rings. The van der Waals surface area contributed by atoms with Crippen molar-refractivity contribution in [2.24, 2.45) is 5.92 Å². The number of hydrogen-bond acceptors (Lipinski definition) is 6. The van der Waals surface area contributed by atoms with Gasteiger partial charge in [0.2, 0.25) is 5.95 Å². The van der Waals surface area contributed by atoms with Crippen molar-refractivity contribution in [1.29, 1.82) is 0 Å². The average Bonchev–Trinajstić information content (AvgIpc) is 3.19. The zero-order chi connectivity index (χ0) is 23.6. The van der Waals surface area contributed by atoms with Crippen molar-refractivity contribution in [2.45, 2.75) is 39.0 Å². The zero-order valence-corrected chi connectivity index (χ0v) is 18.8. The fourth-order valence-corrected chi connectivity index (χ4v) is 3.48. The Morgan fingerprint density at radius 1 is 1.38 bits per heavy atom. The third kappa shape index (κ3) is 4.58. The zero-order valence-electron chi connectivity index (χ0n) is 18.8. The molecule has 0 bridgehead atoms. The summed E-state index contributed by atoms with van der Waals surface area (Å²) < 4.78 is 48.7. The molecule has 1 aromatic carbocycles. The number of aromatic nitrogens is 2. The number of nitrogens with zero attached hydrogens (tertiary/aromatic N) is 3. The number of carbonyl (C=O) groups is 1. The van der Waals surface area contributed by atoms with Crippen LogP contribution < -0.4 is 15.4 Å². The standard InChI is InChI=1S/C22H28F3N5O2/c1-12(2)22(3,25)15-10-27-21(29-19(15)26-4)28-17-9-16(24)14(8-18(17)32-5)20(31)30-7-6-13(23)11-30/h8-10,12-13H,6-7,11H2,1-5H3,(H2,26,27,28,29)/t13-,22?/m1/s1. The predicted octanol–water partition coefficient (Wildman–Crippen LogP) is 4.43. The first-order valence-electron chi connectivity index (χ1n) is 10.4. The number of carbonyl (C=O) groups excluding carboxylic acids is 1. The molecule has 1 aromatic heterocycles. The lowest BCUT2D eigenvalue weighted by atomic mass is 9.88. The summed E-state index contributed by atoms with van der Waals surface area (Å²) in [6.07, 6.45) is 0.510. The van der Waals surface area contributed by atoms with Gasteiger partial charge in [0.25, 0.3) is 5.91 Å². The van der Waals surface area contributed by atoms with Gasteiger partial charge in [0, 0.05) is 31.4 Å². The lowest BCUT2D eigenvalue weighted by Gasteiger charge is -2.26. The molecule has 1 saturated heterocycles. The molecule has 1 amide bonds. The van der Waals surface area contributed by atoms with Gasteiger partial charge in [-0.2, -0.15) is 4.98 Å². The Kier molecular flexibility index (Phi) is 6.80. The Bertz CT molecular complexity index is 1000. The highest BCUT2D eigenvalue weighted by atomic mass is 19.1. The molecule has 7 nitrogen and oxygen atoms in total. The van der Waals surface area contributed by atoms with Crippen LogP contribution in [-0.2, 0) is 5.67 Å². The van der Waals surface area contributed by atoms with Crippen LogP contribution in [0.4, 0.5) is 30.6 Å². The van der Waals surface area contributed by atoms with E-state index in [0.29, 0.717) is 11.4 Å². The molecule has 0 radical (unpaired) electrons. The van der Waals surface area contributed by atoms with E-state index in [0.717, 1.165) is 6.07 Å². The number of hydrogen-bond donors (Lipinski definition) is 2. The van der Waals surface area contributed by atoms with Gasteiger partial charge in [0.05, 0.1) is 24.9 Å². The van der Waals surface area contributed by atoms with Gasteiger partial charge in [-0.05, 0) is 25.3 Å². The quantitative estimate of drug-likeness (QED) is 0.648. The van der Waals surface area contributed by atoms with Gasteiger partial charge in [-0.15, -0.1) is 0 Å². The van der Waals surface area contributed by atoms with Crippen LogP contribution in [-0.4, -0.2) is 54.2 Å². The monoisotopic (exact) mass is 451 g/mol. The molecule has 32 heavy (non-hydrogen) atoms. The molecule has 2 atom stereocenters. The van der Waals surface area contributed by atoms with E-state index < -0.39 is 23.6 Å². The maximum absolute atomic E-state index is 15.1. The van der Waals surface area contributed by atoms with Crippen LogP contribution in [0.3, 0.4) is 0 Å². The minimum atomic E-state index is -1.66. The van der Waals surface area contributed by atoms with Crippen molar-refractivity contribution in [1.82, 2.24) is 14.9 Å². The third-order valence-electron chi connectivity index (χ3n) is 5.82. The van der Waals surface area contributed by atoms with Gasteiger partial charge in [-0.25, -0.2) is 18.2 Å². The largest absolute Gasteiger partial charge is 0.495 e. The Morgan fingerprint density at radius 2 is 2.09 bits per heavy atom. The van der Waals surface area contributed by atoms with E-state index in [-0.39, 0.29) is 48.4 Å². The highest BCUT2D eigenvalue weighted by Crippen LogP contribution is 2.37. The number of halogens is 3. The van der Waals surface area contributed by atoms with Gasteiger partial charge in [0.1, 0.15) is 29.2 Å². The van der Waals surface area contributed by atoms with Crippen molar-refractivity contribution in [3.63, 3.8) is 0 Å². The van der Waals surface area contributed by atoms with Crippen LogP contribution in [0, 0.1) is 11.7 Å². The summed E-state index contributed by atoms with van der Waals surface area (Å²) in [6, 6.07) is 2.36. The molecule has 0 aliphatic carbocycles. The number of methoxy groups -OCH3 is 1. The predicted molar refractivity (Wildman–Crippen MR) is 117 cm³/mol. The molecule has 174 valence electrons. The van der Waals surface area contributed by atoms with Crippen LogP contribution in [0.15, 0.2) is 18.3 Å². The maximum Gasteiger partial charge on any atom is 0.257 e. The first kappa shape index (κ1) is 23.6.